The van der Waals surface area contributed by atoms with Gasteiger partial charge in [-0.25, -0.2) is 10.5 Å². The van der Waals surface area contributed by atoms with Gasteiger partial charge in [0.15, 0.2) is 0 Å². The van der Waals surface area contributed by atoms with E-state index in [0.717, 1.165) is 5.52 Å². The summed E-state index contributed by atoms with van der Waals surface area (Å²) in [6, 6.07) is 5.05. The van der Waals surface area contributed by atoms with Gasteiger partial charge in [-0.3, -0.25) is 15.0 Å². The summed E-state index contributed by atoms with van der Waals surface area (Å²) >= 11 is 0. The molecule has 0 aliphatic carbocycles. The van der Waals surface area contributed by atoms with Crippen molar-refractivity contribution >= 4 is 16.9 Å². The maximum absolute atomic E-state index is 11.1. The molecule has 0 saturated carbocycles. The van der Waals surface area contributed by atoms with E-state index in [9.17, 15) is 9.90 Å². The molecule has 0 spiro atoms. The zero-order valence-electron chi connectivity index (χ0n) is 14.0. The Labute approximate surface area is 144 Å². The van der Waals surface area contributed by atoms with E-state index in [1.165, 1.54) is 0 Å². The van der Waals surface area contributed by atoms with Crippen LogP contribution in [0.1, 0.15) is 32.1 Å². The highest BCUT2D eigenvalue weighted by Crippen LogP contribution is 2.33. The number of amides is 1. The van der Waals surface area contributed by atoms with Crippen molar-refractivity contribution in [1.82, 2.24) is 20.5 Å². The predicted octanol–water partition coefficient (Wildman–Crippen LogP) is 2.43. The minimum Gasteiger partial charge on any atom is -0.506 e. The van der Waals surface area contributed by atoms with E-state index in [1.54, 1.807) is 28.7 Å². The molecule has 4 N–H and O–H groups in total. The molecule has 0 fully saturated rings. The highest BCUT2D eigenvalue weighted by atomic mass is 16.5. The van der Waals surface area contributed by atoms with Crippen LogP contribution in [-0.4, -0.2) is 37.7 Å². The molecule has 1 atom stereocenters. The smallest absolute Gasteiger partial charge is 0.247 e. The van der Waals surface area contributed by atoms with Crippen molar-refractivity contribution < 1.29 is 15.1 Å². The Hall–Kier alpha value is -2.94. The lowest BCUT2D eigenvalue weighted by Gasteiger charge is -2.26. The number of imidazole rings is 1. The fraction of sp³-hybridized carbons (Fsp3) is 0.375. The normalized spacial score (nSPS) is 17.0. The molecule has 132 valence electrons. The fourth-order valence-corrected chi connectivity index (χ4v) is 2.84. The molecule has 0 bridgehead atoms. The Kier molecular flexibility index (Phi) is 4.66. The summed E-state index contributed by atoms with van der Waals surface area (Å²) in [6.45, 7) is 4.53. The molecule has 1 aromatic carbocycles. The van der Waals surface area contributed by atoms with Gasteiger partial charge in [0.05, 0.1) is 17.8 Å². The molecule has 2 aromatic rings. The molecule has 0 saturated heterocycles. The van der Waals surface area contributed by atoms with Gasteiger partial charge >= 0.3 is 0 Å². The molecular weight excluding hydrogens is 324 g/mol. The van der Waals surface area contributed by atoms with Gasteiger partial charge in [-0.05, 0) is 24.1 Å². The summed E-state index contributed by atoms with van der Waals surface area (Å²) in [7, 11) is 0. The second-order valence-electron chi connectivity index (χ2n) is 6.21. The summed E-state index contributed by atoms with van der Waals surface area (Å²) in [6.07, 6.45) is 1.65. The average Bonchev–Trinajstić information content (AvgIpc) is 3.20. The molecule has 9 heteroatoms. The lowest BCUT2D eigenvalue weighted by atomic mass is 10.0. The van der Waals surface area contributed by atoms with E-state index in [1.807, 2.05) is 19.9 Å². The molecule has 1 unspecified atom stereocenters. The first-order chi connectivity index (χ1) is 12.0. The number of carbonyl (C=O) groups is 1. The third kappa shape index (κ3) is 3.45. The van der Waals surface area contributed by atoms with E-state index in [2.05, 4.69) is 20.3 Å². The van der Waals surface area contributed by atoms with Gasteiger partial charge in [-0.15, -0.1) is 5.11 Å². The topological polar surface area (TPSA) is 126 Å². The number of aromatic nitrogens is 2. The van der Waals surface area contributed by atoms with Crippen LogP contribution >= 0.6 is 0 Å². The third-order valence-electron chi connectivity index (χ3n) is 4.00. The quantitative estimate of drug-likeness (QED) is 0.489. The number of hydrogen-bond donors (Lipinski definition) is 4. The Bertz CT molecular complexity index is 842. The van der Waals surface area contributed by atoms with Gasteiger partial charge < -0.3 is 10.1 Å². The first kappa shape index (κ1) is 16.9. The van der Waals surface area contributed by atoms with Crippen LogP contribution in [0, 0.1) is 5.92 Å². The molecule has 9 nitrogen and oxygen atoms in total. The molecule has 25 heavy (non-hydrogen) atoms. The number of rotatable bonds is 5. The number of aromatic hydroxyl groups is 1. The van der Waals surface area contributed by atoms with E-state index >= 15 is 0 Å². The Balaban J connectivity index is 1.83. The van der Waals surface area contributed by atoms with Gasteiger partial charge in [0.25, 0.3) is 0 Å². The number of nitrogens with zero attached hydrogens (tertiary/aromatic N) is 4. The number of carbonyl (C=O) groups excluding carboxylic acids is 1. The van der Waals surface area contributed by atoms with Gasteiger partial charge in [-0.1, -0.05) is 25.1 Å². The van der Waals surface area contributed by atoms with Crippen LogP contribution in [0.15, 0.2) is 40.3 Å². The highest BCUT2D eigenvalue weighted by molar-refractivity contribution is 5.81. The highest BCUT2D eigenvalue weighted by Gasteiger charge is 2.29. The summed E-state index contributed by atoms with van der Waals surface area (Å²) in [5.74, 6) is 0.497. The number of hydroxylamine groups is 1. The first-order valence-corrected chi connectivity index (χ1v) is 7.97. The Morgan fingerprint density at radius 2 is 2.28 bits per heavy atom. The molecule has 1 aliphatic heterocycles. The molecule has 0 radical (unpaired) electrons. The van der Waals surface area contributed by atoms with Gasteiger partial charge in [0.1, 0.15) is 23.1 Å². The van der Waals surface area contributed by atoms with Crippen LogP contribution in [0.25, 0.3) is 11.0 Å². The summed E-state index contributed by atoms with van der Waals surface area (Å²) in [5.41, 5.74) is 3.51. The van der Waals surface area contributed by atoms with Crippen LogP contribution in [0.2, 0.25) is 0 Å². The van der Waals surface area contributed by atoms with E-state index < -0.39 is 5.91 Å². The lowest BCUT2D eigenvalue weighted by molar-refractivity contribution is -0.128. The van der Waals surface area contributed by atoms with Crippen molar-refractivity contribution in [2.45, 2.75) is 26.3 Å². The molecule has 1 aliphatic rings. The number of para-hydroxylation sites is 1. The number of nitrogens with one attached hydrogen (secondary N) is 2. The van der Waals surface area contributed by atoms with Gasteiger partial charge in [0.2, 0.25) is 5.91 Å². The minimum atomic E-state index is -0.505. The molecule has 2 heterocycles. The van der Waals surface area contributed by atoms with Crippen LogP contribution in [0.4, 0.5) is 0 Å². The van der Waals surface area contributed by atoms with Crippen LogP contribution < -0.4 is 5.48 Å². The van der Waals surface area contributed by atoms with E-state index in [4.69, 9.17) is 5.21 Å². The lowest BCUT2D eigenvalue weighted by Crippen LogP contribution is -2.27. The van der Waals surface area contributed by atoms with Crippen molar-refractivity contribution in [3.05, 3.63) is 35.8 Å². The SMILES string of the molecule is CC(C)C(c1nc2c(O)cccc2[nH]1)N1C/C(=C/CC(=O)NO)N=N1. The Morgan fingerprint density at radius 3 is 2.96 bits per heavy atom. The molecular formula is C16H20N6O3. The number of H-pyrrole nitrogens is 1. The largest absolute Gasteiger partial charge is 0.506 e. The zero-order chi connectivity index (χ0) is 18.0. The molecule has 3 rings (SSSR count). The number of fused-ring (bicyclic) bond motifs is 1. The second-order valence-corrected chi connectivity index (χ2v) is 6.21. The first-order valence-electron chi connectivity index (χ1n) is 7.97. The average molecular weight is 344 g/mol. The van der Waals surface area contributed by atoms with Crippen molar-refractivity contribution in [3.63, 3.8) is 0 Å². The van der Waals surface area contributed by atoms with Crippen LogP contribution in [0.3, 0.4) is 0 Å². The van der Waals surface area contributed by atoms with Crippen molar-refractivity contribution in [1.29, 1.82) is 0 Å². The van der Waals surface area contributed by atoms with Crippen molar-refractivity contribution in [2.24, 2.45) is 16.3 Å². The second kappa shape index (κ2) is 6.89. The number of benzene rings is 1. The van der Waals surface area contributed by atoms with E-state index in [0.29, 0.717) is 23.6 Å². The van der Waals surface area contributed by atoms with Crippen LogP contribution in [0.5, 0.6) is 5.75 Å². The van der Waals surface area contributed by atoms with Crippen molar-refractivity contribution in [2.75, 3.05) is 6.54 Å². The number of hydrogen-bond acceptors (Lipinski definition) is 7. The van der Waals surface area contributed by atoms with Crippen LogP contribution in [-0.2, 0) is 4.79 Å². The summed E-state index contributed by atoms with van der Waals surface area (Å²) in [5, 5.41) is 28.5. The molecule has 1 aromatic heterocycles. The third-order valence-corrected chi connectivity index (χ3v) is 4.00. The van der Waals surface area contributed by atoms with Gasteiger partial charge in [-0.2, -0.15) is 0 Å². The number of aromatic amines is 1. The van der Waals surface area contributed by atoms with Crippen molar-refractivity contribution in [3.8, 4) is 5.75 Å². The van der Waals surface area contributed by atoms with E-state index in [-0.39, 0.29) is 24.1 Å². The summed E-state index contributed by atoms with van der Waals surface area (Å²) in [4.78, 5) is 18.9. The monoisotopic (exact) mass is 344 g/mol. The Morgan fingerprint density at radius 1 is 1.48 bits per heavy atom. The number of phenolic OH excluding ortho intramolecular Hbond substituents is 1. The maximum Gasteiger partial charge on any atom is 0.247 e. The fourth-order valence-electron chi connectivity index (χ4n) is 2.84. The van der Waals surface area contributed by atoms with Gasteiger partial charge in [0, 0.05) is 6.42 Å². The molecule has 1 amide bonds. The standard InChI is InChI=1S/C16H20N6O3/c1-9(2)15(16-17-11-4-3-5-12(23)14(11)18-16)22-8-10(19-21-22)6-7-13(24)20-25/h3-6,9,15,23,25H,7-8H2,1-2H3,(H,17,18)(H,20,24)/b10-6-. The maximum atomic E-state index is 11.1. The zero-order valence-corrected chi connectivity index (χ0v) is 14.0. The summed E-state index contributed by atoms with van der Waals surface area (Å²) < 4.78 is 0. The predicted molar refractivity (Wildman–Crippen MR) is 89.5 cm³/mol. The number of phenols is 1. The minimum absolute atomic E-state index is 0.0313.